The van der Waals surface area contributed by atoms with E-state index in [0.717, 1.165) is 12.4 Å². The molecular weight excluding hydrogens is 340 g/mol. The Morgan fingerprint density at radius 3 is 2.07 bits per heavy atom. The van der Waals surface area contributed by atoms with Crippen LogP contribution >= 0.6 is 0 Å². The third-order valence-electron chi connectivity index (χ3n) is 7.33. The number of unbranched alkanes of at least 4 members (excludes halogenated alkanes) is 1. The predicted octanol–water partition coefficient (Wildman–Crippen LogP) is 8.99. The maximum atomic E-state index is 6.25. The van der Waals surface area contributed by atoms with Crippen LogP contribution in [0.3, 0.4) is 0 Å². The molecule has 0 amide bonds. The van der Waals surface area contributed by atoms with Crippen LogP contribution < -0.4 is 4.74 Å². The quantitative estimate of drug-likeness (QED) is 0.347. The van der Waals surface area contributed by atoms with Gasteiger partial charge in [0.15, 0.2) is 0 Å². The molecule has 0 radical (unpaired) electrons. The highest BCUT2D eigenvalue weighted by atomic mass is 16.5. The van der Waals surface area contributed by atoms with Gasteiger partial charge in [-0.15, -0.1) is 0 Å². The average Bonchev–Trinajstić information content (AvgIpc) is 2.71. The van der Waals surface area contributed by atoms with E-state index in [1.54, 1.807) is 0 Å². The lowest BCUT2D eigenvalue weighted by Crippen LogP contribution is -2.29. The fourth-order valence-corrected chi connectivity index (χ4v) is 4.30. The molecule has 2 rings (SSSR count). The Morgan fingerprint density at radius 1 is 0.929 bits per heavy atom. The largest absolute Gasteiger partial charge is 0.493 e. The maximum absolute atomic E-state index is 6.25. The molecule has 1 nitrogen and oxygen atoms in total. The molecule has 0 atom stereocenters. The monoisotopic (exact) mass is 388 g/mol. The molecule has 0 bridgehead atoms. The molecule has 1 aliphatic carbocycles. The van der Waals surface area contributed by atoms with E-state index in [9.17, 15) is 0 Å². The van der Waals surface area contributed by atoms with Gasteiger partial charge in [-0.05, 0) is 68.1 Å². The van der Waals surface area contributed by atoms with Crippen molar-refractivity contribution in [3.63, 3.8) is 0 Å². The van der Waals surface area contributed by atoms with Crippen molar-refractivity contribution in [3.05, 3.63) is 29.8 Å². The van der Waals surface area contributed by atoms with Crippen LogP contribution in [-0.2, 0) is 6.42 Å². The van der Waals surface area contributed by atoms with E-state index < -0.39 is 0 Å². The summed E-state index contributed by atoms with van der Waals surface area (Å²) in [5.74, 6) is 1.06. The summed E-state index contributed by atoms with van der Waals surface area (Å²) >= 11 is 0. The second-order valence-electron chi connectivity index (χ2n) is 9.10. The number of ether oxygens (including phenoxy) is 1. The zero-order valence-corrected chi connectivity index (χ0v) is 19.9. The molecule has 1 aromatic carbocycles. The molecule has 0 aromatic heterocycles. The highest BCUT2D eigenvalue weighted by molar-refractivity contribution is 5.28. The fraction of sp³-hybridized carbons (Fsp3) is 0.778. The molecule has 162 valence electrons. The fourth-order valence-electron chi connectivity index (χ4n) is 4.30. The summed E-state index contributed by atoms with van der Waals surface area (Å²) in [5.41, 5.74) is 2.45. The first-order valence-electron chi connectivity index (χ1n) is 12.2. The van der Waals surface area contributed by atoms with Crippen LogP contribution in [0.25, 0.3) is 0 Å². The van der Waals surface area contributed by atoms with E-state index in [4.69, 9.17) is 4.74 Å². The summed E-state index contributed by atoms with van der Waals surface area (Å²) in [5, 5.41) is 0. The van der Waals surface area contributed by atoms with Crippen molar-refractivity contribution in [1.82, 2.24) is 0 Å². The first-order chi connectivity index (χ1) is 13.5. The smallest absolute Gasteiger partial charge is 0.119 e. The molecule has 0 heterocycles. The molecule has 28 heavy (non-hydrogen) atoms. The standard InChI is InChI=1S/C23H38O.C4H10/c1-5-14-22(6-2,7-3)19-24-21-12-9-11-20(18-21)13-17-23(8-4)15-10-16-23;1-3-4-2/h9,11-12,18H,5-8,10,13-17,19H2,1-4H3;3-4H2,1-2H3. The van der Waals surface area contributed by atoms with Gasteiger partial charge in [-0.25, -0.2) is 0 Å². The van der Waals surface area contributed by atoms with Crippen molar-refractivity contribution in [1.29, 1.82) is 0 Å². The van der Waals surface area contributed by atoms with Gasteiger partial charge in [0, 0.05) is 5.41 Å². The minimum Gasteiger partial charge on any atom is -0.493 e. The zero-order chi connectivity index (χ0) is 20.9. The lowest BCUT2D eigenvalue weighted by molar-refractivity contribution is 0.113. The van der Waals surface area contributed by atoms with Gasteiger partial charge in [0.1, 0.15) is 5.75 Å². The lowest BCUT2D eigenvalue weighted by atomic mass is 9.64. The summed E-state index contributed by atoms with van der Waals surface area (Å²) in [6, 6.07) is 8.85. The van der Waals surface area contributed by atoms with Crippen molar-refractivity contribution in [2.75, 3.05) is 6.61 Å². The predicted molar refractivity (Wildman–Crippen MR) is 125 cm³/mol. The second kappa shape index (κ2) is 13.3. The molecule has 0 N–H and O–H groups in total. The van der Waals surface area contributed by atoms with E-state index >= 15 is 0 Å². The summed E-state index contributed by atoms with van der Waals surface area (Å²) in [7, 11) is 0. The van der Waals surface area contributed by atoms with Crippen LogP contribution in [0.2, 0.25) is 0 Å². The first-order valence-corrected chi connectivity index (χ1v) is 12.2. The van der Waals surface area contributed by atoms with Gasteiger partial charge in [0.05, 0.1) is 6.61 Å². The number of hydrogen-bond donors (Lipinski definition) is 0. The lowest BCUT2D eigenvalue weighted by Gasteiger charge is -2.41. The van der Waals surface area contributed by atoms with Crippen molar-refractivity contribution in [3.8, 4) is 5.75 Å². The molecule has 0 unspecified atom stereocenters. The van der Waals surface area contributed by atoms with E-state index in [1.807, 2.05) is 0 Å². The van der Waals surface area contributed by atoms with Crippen molar-refractivity contribution in [2.24, 2.45) is 10.8 Å². The topological polar surface area (TPSA) is 9.23 Å². The Morgan fingerprint density at radius 2 is 1.61 bits per heavy atom. The molecule has 0 saturated heterocycles. The Labute approximate surface area is 176 Å². The number of hydrogen-bond acceptors (Lipinski definition) is 1. The van der Waals surface area contributed by atoms with Gasteiger partial charge in [0.2, 0.25) is 0 Å². The number of aryl methyl sites for hydroxylation is 1. The molecule has 1 aliphatic rings. The summed E-state index contributed by atoms with van der Waals surface area (Å²) in [6.45, 7) is 14.5. The van der Waals surface area contributed by atoms with Crippen LogP contribution in [0.5, 0.6) is 5.75 Å². The van der Waals surface area contributed by atoms with E-state index in [1.165, 1.54) is 82.6 Å². The highest BCUT2D eigenvalue weighted by Crippen LogP contribution is 2.47. The van der Waals surface area contributed by atoms with Gasteiger partial charge in [0.25, 0.3) is 0 Å². The Kier molecular flexibility index (Phi) is 11.9. The Bertz CT molecular complexity index is 503. The molecule has 1 fully saturated rings. The van der Waals surface area contributed by atoms with Crippen LogP contribution in [0.1, 0.15) is 118 Å². The van der Waals surface area contributed by atoms with E-state index in [-0.39, 0.29) is 0 Å². The van der Waals surface area contributed by atoms with E-state index in [0.29, 0.717) is 10.8 Å². The first kappa shape index (κ1) is 25.1. The van der Waals surface area contributed by atoms with Crippen molar-refractivity contribution < 1.29 is 4.74 Å². The molecular formula is C27H48O. The van der Waals surface area contributed by atoms with Crippen molar-refractivity contribution in [2.45, 2.75) is 119 Å². The minimum absolute atomic E-state index is 0.350. The summed E-state index contributed by atoms with van der Waals surface area (Å²) < 4.78 is 6.25. The molecule has 1 aromatic rings. The average molecular weight is 389 g/mol. The molecule has 1 saturated carbocycles. The highest BCUT2D eigenvalue weighted by Gasteiger charge is 2.34. The number of benzene rings is 1. The number of rotatable bonds is 12. The van der Waals surface area contributed by atoms with Crippen molar-refractivity contribution >= 4 is 0 Å². The van der Waals surface area contributed by atoms with Gasteiger partial charge in [-0.3, -0.25) is 0 Å². The zero-order valence-electron chi connectivity index (χ0n) is 19.9. The van der Waals surface area contributed by atoms with E-state index in [2.05, 4.69) is 65.8 Å². The summed E-state index contributed by atoms with van der Waals surface area (Å²) in [4.78, 5) is 0. The molecule has 1 heteroatoms. The van der Waals surface area contributed by atoms with Gasteiger partial charge in [-0.2, -0.15) is 0 Å². The minimum atomic E-state index is 0.350. The van der Waals surface area contributed by atoms with Gasteiger partial charge >= 0.3 is 0 Å². The Hall–Kier alpha value is -0.980. The van der Waals surface area contributed by atoms with Crippen LogP contribution in [0, 0.1) is 10.8 Å². The van der Waals surface area contributed by atoms with Gasteiger partial charge in [-0.1, -0.05) is 85.8 Å². The molecule has 0 spiro atoms. The third-order valence-corrected chi connectivity index (χ3v) is 7.33. The SMILES string of the molecule is CCCC.CCCC(CC)(CC)COc1cccc(CCC2(CC)CCC2)c1. The normalized spacial score (nSPS) is 15.4. The second-order valence-corrected chi connectivity index (χ2v) is 9.10. The Balaban J connectivity index is 0.000000892. The maximum Gasteiger partial charge on any atom is 0.119 e. The summed E-state index contributed by atoms with van der Waals surface area (Å²) in [6.07, 6.45) is 15.7. The van der Waals surface area contributed by atoms with Crippen LogP contribution in [0.15, 0.2) is 24.3 Å². The van der Waals surface area contributed by atoms with Crippen LogP contribution in [0.4, 0.5) is 0 Å². The third kappa shape index (κ3) is 7.80. The molecule has 0 aliphatic heterocycles. The van der Waals surface area contributed by atoms with Crippen LogP contribution in [-0.4, -0.2) is 6.61 Å². The van der Waals surface area contributed by atoms with Gasteiger partial charge < -0.3 is 4.74 Å².